The molecule has 0 aliphatic heterocycles. The summed E-state index contributed by atoms with van der Waals surface area (Å²) < 4.78 is 21.6. The van der Waals surface area contributed by atoms with Gasteiger partial charge in [0, 0.05) is 32.2 Å². The van der Waals surface area contributed by atoms with E-state index in [1.165, 1.54) is 15.8 Å². The SMILES string of the molecule is CC(C)N(C(C)C)P(OCCC#N)OC[C@H](C)NC(=O)Cn1cnc2c(/N=C/N(C)C)nc(OC(=O)N(c3ccccc3)c3ccccc3)nc21. The monoisotopic (exact) mass is 716 g/mol. The van der Waals surface area contributed by atoms with E-state index in [1.807, 2.05) is 43.3 Å². The number of carbonyl (C=O) groups excluding carboxylic acids is 2. The molecular weight excluding hydrogens is 671 g/mol. The molecule has 2 amide bonds. The van der Waals surface area contributed by atoms with Gasteiger partial charge in [0.25, 0.3) is 8.53 Å². The lowest BCUT2D eigenvalue weighted by molar-refractivity contribution is -0.122. The molecule has 2 atom stereocenters. The minimum atomic E-state index is -1.46. The Morgan fingerprint density at radius 3 is 2.18 bits per heavy atom. The van der Waals surface area contributed by atoms with Gasteiger partial charge in [0.2, 0.25) is 5.91 Å². The number of rotatable bonds is 17. The van der Waals surface area contributed by atoms with Crippen LogP contribution < -0.4 is 15.0 Å². The summed E-state index contributed by atoms with van der Waals surface area (Å²) in [6.45, 7) is 10.4. The first-order valence-electron chi connectivity index (χ1n) is 16.5. The van der Waals surface area contributed by atoms with Gasteiger partial charge in [-0.05, 0) is 58.9 Å². The van der Waals surface area contributed by atoms with E-state index >= 15 is 0 Å². The third-order valence-electron chi connectivity index (χ3n) is 7.04. The van der Waals surface area contributed by atoms with Crippen LogP contribution in [0.5, 0.6) is 6.01 Å². The van der Waals surface area contributed by atoms with Crippen LogP contribution >= 0.6 is 8.53 Å². The number of nitriles is 1. The van der Waals surface area contributed by atoms with Crippen molar-refractivity contribution in [1.82, 2.24) is 34.4 Å². The quantitative estimate of drug-likeness (QED) is 0.0574. The molecule has 0 aliphatic carbocycles. The number of hydrogen-bond donors (Lipinski definition) is 1. The predicted molar refractivity (Wildman–Crippen MR) is 197 cm³/mol. The molecule has 270 valence electrons. The molecule has 0 bridgehead atoms. The number of nitrogens with zero attached hydrogens (tertiary/aromatic N) is 9. The van der Waals surface area contributed by atoms with Crippen molar-refractivity contribution in [1.29, 1.82) is 5.26 Å². The molecule has 51 heavy (non-hydrogen) atoms. The van der Waals surface area contributed by atoms with E-state index in [9.17, 15) is 9.59 Å². The normalized spacial score (nSPS) is 12.7. The summed E-state index contributed by atoms with van der Waals surface area (Å²) in [7, 11) is 2.15. The van der Waals surface area contributed by atoms with Gasteiger partial charge < -0.3 is 28.6 Å². The summed E-state index contributed by atoms with van der Waals surface area (Å²) >= 11 is 0. The summed E-state index contributed by atoms with van der Waals surface area (Å²) in [6.07, 6.45) is 2.52. The Hall–Kier alpha value is -5.00. The fourth-order valence-electron chi connectivity index (χ4n) is 4.98. The second kappa shape index (κ2) is 18.8. The van der Waals surface area contributed by atoms with Crippen LogP contribution in [0.1, 0.15) is 41.0 Å². The van der Waals surface area contributed by atoms with Gasteiger partial charge in [-0.3, -0.25) is 4.79 Å². The molecule has 15 nitrogen and oxygen atoms in total. The number of aliphatic imine (C=N–C) groups is 1. The number of amides is 2. The Kier molecular flexibility index (Phi) is 14.3. The van der Waals surface area contributed by atoms with Gasteiger partial charge in [-0.2, -0.15) is 15.2 Å². The lowest BCUT2D eigenvalue weighted by atomic mass is 10.2. The van der Waals surface area contributed by atoms with Crippen LogP contribution in [0.2, 0.25) is 0 Å². The van der Waals surface area contributed by atoms with Crippen LogP contribution in [-0.2, 0) is 20.4 Å². The Morgan fingerprint density at radius 2 is 1.61 bits per heavy atom. The number of carbonyl (C=O) groups is 2. The van der Waals surface area contributed by atoms with Gasteiger partial charge in [0.05, 0.1) is 49.7 Å². The maximum Gasteiger partial charge on any atom is 0.426 e. The molecule has 1 N–H and O–H groups in total. The van der Waals surface area contributed by atoms with Crippen LogP contribution in [0.3, 0.4) is 0 Å². The molecule has 0 aliphatic rings. The first-order valence-corrected chi connectivity index (χ1v) is 17.7. The molecule has 2 heterocycles. The molecular formula is C35H45N10O5P. The number of hydrogen-bond acceptors (Lipinski definition) is 11. The molecule has 0 spiro atoms. The number of nitrogens with one attached hydrogen (secondary N) is 1. The van der Waals surface area contributed by atoms with E-state index in [1.54, 1.807) is 49.6 Å². The average molecular weight is 717 g/mol. The van der Waals surface area contributed by atoms with E-state index in [2.05, 4.69) is 63.7 Å². The van der Waals surface area contributed by atoms with E-state index in [0.717, 1.165) is 0 Å². The second-order valence-electron chi connectivity index (χ2n) is 12.3. The van der Waals surface area contributed by atoms with E-state index in [-0.39, 0.29) is 67.7 Å². The lowest BCUT2D eigenvalue weighted by Gasteiger charge is -2.36. The van der Waals surface area contributed by atoms with Gasteiger partial charge in [-0.1, -0.05) is 36.4 Å². The highest BCUT2D eigenvalue weighted by atomic mass is 31.2. The predicted octanol–water partition coefficient (Wildman–Crippen LogP) is 6.18. The molecule has 4 rings (SSSR count). The minimum absolute atomic E-state index is 0.139. The molecule has 2 aromatic heterocycles. The van der Waals surface area contributed by atoms with E-state index in [0.29, 0.717) is 16.9 Å². The van der Waals surface area contributed by atoms with Gasteiger partial charge >= 0.3 is 12.1 Å². The first kappa shape index (κ1) is 38.8. The highest BCUT2D eigenvalue weighted by Crippen LogP contribution is 2.46. The van der Waals surface area contributed by atoms with Crippen molar-refractivity contribution in [2.75, 3.05) is 32.2 Å². The molecule has 1 unspecified atom stereocenters. The number of fused-ring (bicyclic) bond motifs is 1. The number of ether oxygens (including phenoxy) is 1. The number of imidazole rings is 1. The minimum Gasteiger partial charge on any atom is -0.373 e. The second-order valence-corrected chi connectivity index (χ2v) is 13.7. The average Bonchev–Trinajstić information content (AvgIpc) is 3.48. The summed E-state index contributed by atoms with van der Waals surface area (Å²) in [5.41, 5.74) is 1.75. The third kappa shape index (κ3) is 11.0. The van der Waals surface area contributed by atoms with Crippen LogP contribution in [0, 0.1) is 11.3 Å². The van der Waals surface area contributed by atoms with E-state index in [4.69, 9.17) is 19.0 Å². The van der Waals surface area contributed by atoms with Crippen LogP contribution in [0.15, 0.2) is 72.0 Å². The number of aromatic nitrogens is 4. The Morgan fingerprint density at radius 1 is 0.980 bits per heavy atom. The van der Waals surface area contributed by atoms with Gasteiger partial charge in [0.15, 0.2) is 17.0 Å². The number of benzene rings is 2. The van der Waals surface area contributed by atoms with Crippen LogP contribution in [0.4, 0.5) is 22.0 Å². The molecule has 4 aromatic rings. The third-order valence-corrected chi connectivity index (χ3v) is 9.12. The van der Waals surface area contributed by atoms with Gasteiger partial charge in [-0.15, -0.1) is 0 Å². The molecule has 16 heteroatoms. The lowest BCUT2D eigenvalue weighted by Crippen LogP contribution is -2.39. The molecule has 0 saturated carbocycles. The van der Waals surface area contributed by atoms with Crippen molar-refractivity contribution in [3.8, 4) is 12.1 Å². The summed E-state index contributed by atoms with van der Waals surface area (Å²) in [4.78, 5) is 47.9. The smallest absolute Gasteiger partial charge is 0.373 e. The zero-order chi connectivity index (χ0) is 36.9. The van der Waals surface area contributed by atoms with Crippen molar-refractivity contribution in [3.05, 3.63) is 67.0 Å². The Bertz CT molecular complexity index is 1750. The van der Waals surface area contributed by atoms with E-state index < -0.39 is 14.6 Å². The van der Waals surface area contributed by atoms with Gasteiger partial charge in [-0.25, -0.2) is 24.3 Å². The maximum absolute atomic E-state index is 13.7. The standard InChI is InChI=1S/C35H45N10O5P/c1-25(2)45(26(3)4)51(48-20-14-19-36)49-22-27(5)39-30(46)21-43-24-37-31-32(38-23-42(6)7)40-34(41-33(31)43)50-35(47)44(28-15-10-8-11-16-28)29-17-12-9-13-18-29/h8-13,15-18,23-27H,14,20-22H2,1-7H3,(H,39,46)/b38-23+/t27-,51?/m0/s1. The van der Waals surface area contributed by atoms with Crippen molar-refractivity contribution in [3.63, 3.8) is 0 Å². The van der Waals surface area contributed by atoms with Gasteiger partial charge in [0.1, 0.15) is 6.54 Å². The first-order chi connectivity index (χ1) is 24.5. The van der Waals surface area contributed by atoms with Crippen LogP contribution in [0.25, 0.3) is 11.2 Å². The fourth-order valence-corrected chi connectivity index (χ4v) is 6.67. The zero-order valence-electron chi connectivity index (χ0n) is 30.0. The summed E-state index contributed by atoms with van der Waals surface area (Å²) in [6, 6.07) is 19.9. The van der Waals surface area contributed by atoms with Crippen molar-refractivity contribution < 1.29 is 23.4 Å². The molecule has 0 saturated heterocycles. The summed E-state index contributed by atoms with van der Waals surface area (Å²) in [5, 5.41) is 11.9. The fraction of sp³-hybridized carbons (Fsp3) is 0.400. The highest BCUT2D eigenvalue weighted by Gasteiger charge is 2.28. The Labute approximate surface area is 299 Å². The zero-order valence-corrected chi connectivity index (χ0v) is 30.9. The number of para-hydroxylation sites is 2. The van der Waals surface area contributed by atoms with Crippen molar-refractivity contribution in [2.45, 2.75) is 65.7 Å². The molecule has 0 radical (unpaired) electrons. The molecule has 2 aromatic carbocycles. The largest absolute Gasteiger partial charge is 0.426 e. The van der Waals surface area contributed by atoms with Crippen molar-refractivity contribution in [2.24, 2.45) is 4.99 Å². The number of anilines is 2. The molecule has 0 fully saturated rings. The highest BCUT2D eigenvalue weighted by molar-refractivity contribution is 7.44. The summed E-state index contributed by atoms with van der Waals surface area (Å²) in [5.74, 6) is -0.160. The maximum atomic E-state index is 13.7. The van der Waals surface area contributed by atoms with Crippen molar-refractivity contribution >= 4 is 55.2 Å². The topological polar surface area (TPSA) is 163 Å². The van der Waals surface area contributed by atoms with Crippen LogP contribution in [-0.4, -0.2) is 92.9 Å². The Balaban J connectivity index is 1.54.